The Bertz CT molecular complexity index is 755. The van der Waals surface area contributed by atoms with E-state index < -0.39 is 0 Å². The summed E-state index contributed by atoms with van der Waals surface area (Å²) in [6, 6.07) is 5.41. The number of amides is 1. The van der Waals surface area contributed by atoms with Crippen LogP contribution in [0.5, 0.6) is 0 Å². The lowest BCUT2D eigenvalue weighted by molar-refractivity contribution is -0.128. The van der Waals surface area contributed by atoms with Gasteiger partial charge in [-0.3, -0.25) is 4.79 Å². The highest BCUT2D eigenvalue weighted by atomic mass is 35.5. The van der Waals surface area contributed by atoms with Crippen molar-refractivity contribution in [3.63, 3.8) is 0 Å². The molecule has 134 valence electrons. The Labute approximate surface area is 153 Å². The van der Waals surface area contributed by atoms with E-state index in [1.165, 1.54) is 0 Å². The summed E-state index contributed by atoms with van der Waals surface area (Å²) in [7, 11) is 0. The summed E-state index contributed by atoms with van der Waals surface area (Å²) < 4.78 is 5.49. The lowest BCUT2D eigenvalue weighted by atomic mass is 9.84. The number of aryl methyl sites for hydroxylation is 1. The third-order valence-corrected chi connectivity index (χ3v) is 5.53. The first-order chi connectivity index (χ1) is 12.0. The van der Waals surface area contributed by atoms with Crippen molar-refractivity contribution >= 4 is 17.5 Å². The predicted octanol–water partition coefficient (Wildman–Crippen LogP) is 4.70. The van der Waals surface area contributed by atoms with Crippen LogP contribution in [-0.4, -0.2) is 16.0 Å². The van der Waals surface area contributed by atoms with Crippen LogP contribution in [0.25, 0.3) is 11.4 Å². The van der Waals surface area contributed by atoms with E-state index in [9.17, 15) is 4.79 Å². The first-order valence-corrected chi connectivity index (χ1v) is 9.28. The highest BCUT2D eigenvalue weighted by molar-refractivity contribution is 6.31. The first-order valence-electron chi connectivity index (χ1n) is 8.90. The fourth-order valence-electron chi connectivity index (χ4n) is 2.84. The molecular weight excluding hydrogens is 338 g/mol. The molecule has 2 aromatic rings. The Morgan fingerprint density at radius 3 is 2.80 bits per heavy atom. The van der Waals surface area contributed by atoms with Crippen molar-refractivity contribution in [2.45, 2.75) is 52.5 Å². The van der Waals surface area contributed by atoms with Crippen molar-refractivity contribution in [2.24, 2.45) is 11.8 Å². The maximum atomic E-state index is 12.4. The second-order valence-corrected chi connectivity index (χ2v) is 7.33. The van der Waals surface area contributed by atoms with Crippen LogP contribution in [0.4, 0.5) is 0 Å². The van der Waals surface area contributed by atoms with Crippen LogP contribution < -0.4 is 5.32 Å². The van der Waals surface area contributed by atoms with Crippen molar-refractivity contribution in [1.82, 2.24) is 15.5 Å². The lowest BCUT2D eigenvalue weighted by Crippen LogP contribution is -2.39. The molecule has 1 aromatic heterocycles. The van der Waals surface area contributed by atoms with Crippen LogP contribution in [0, 0.1) is 18.8 Å². The maximum absolute atomic E-state index is 12.4. The summed E-state index contributed by atoms with van der Waals surface area (Å²) in [5.41, 5.74) is 1.80. The average Bonchev–Trinajstić information content (AvgIpc) is 3.02. The van der Waals surface area contributed by atoms with E-state index in [1.807, 2.05) is 25.1 Å². The van der Waals surface area contributed by atoms with E-state index in [2.05, 4.69) is 29.3 Å². The number of aromatic nitrogens is 2. The second kappa shape index (κ2) is 7.56. The van der Waals surface area contributed by atoms with Crippen LogP contribution >= 0.6 is 11.6 Å². The van der Waals surface area contributed by atoms with Crippen molar-refractivity contribution in [1.29, 1.82) is 0 Å². The summed E-state index contributed by atoms with van der Waals surface area (Å²) in [5, 5.41) is 7.86. The molecule has 0 saturated heterocycles. The lowest BCUT2D eigenvalue weighted by Gasteiger charge is -2.28. The SMILES string of the molecule is CCC(C)C(NC(=O)C1CCC1)c1nc(-c2ccc(C)c(Cl)c2)no1. The average molecular weight is 362 g/mol. The number of hydrogen-bond acceptors (Lipinski definition) is 4. The van der Waals surface area contributed by atoms with Crippen LogP contribution in [0.15, 0.2) is 22.7 Å². The normalized spacial score (nSPS) is 17.0. The maximum Gasteiger partial charge on any atom is 0.249 e. The molecule has 2 unspecified atom stereocenters. The van der Waals surface area contributed by atoms with Gasteiger partial charge in [0.1, 0.15) is 6.04 Å². The van der Waals surface area contributed by atoms with Gasteiger partial charge in [-0.1, -0.05) is 55.6 Å². The van der Waals surface area contributed by atoms with E-state index in [0.717, 1.165) is 36.8 Å². The molecule has 1 aliphatic carbocycles. The Balaban J connectivity index is 1.82. The molecule has 1 fully saturated rings. The summed E-state index contributed by atoms with van der Waals surface area (Å²) in [6.45, 7) is 6.12. The van der Waals surface area contributed by atoms with Crippen molar-refractivity contribution in [3.05, 3.63) is 34.7 Å². The predicted molar refractivity (Wildman–Crippen MR) is 97.2 cm³/mol. The molecule has 1 aliphatic rings. The monoisotopic (exact) mass is 361 g/mol. The number of halogens is 1. The molecule has 2 atom stereocenters. The first kappa shape index (κ1) is 17.9. The van der Waals surface area contributed by atoms with Gasteiger partial charge in [0.2, 0.25) is 17.6 Å². The third kappa shape index (κ3) is 3.87. The number of nitrogens with one attached hydrogen (secondary N) is 1. The van der Waals surface area contributed by atoms with Crippen molar-refractivity contribution in [2.75, 3.05) is 0 Å². The summed E-state index contributed by atoms with van der Waals surface area (Å²) >= 11 is 6.19. The van der Waals surface area contributed by atoms with Gasteiger partial charge in [-0.25, -0.2) is 0 Å². The molecule has 1 N–H and O–H groups in total. The minimum absolute atomic E-state index is 0.0923. The molecule has 1 saturated carbocycles. The molecule has 5 nitrogen and oxygen atoms in total. The number of nitrogens with zero attached hydrogens (tertiary/aromatic N) is 2. The zero-order valence-electron chi connectivity index (χ0n) is 14.9. The van der Waals surface area contributed by atoms with Crippen molar-refractivity contribution in [3.8, 4) is 11.4 Å². The Kier molecular flexibility index (Phi) is 5.42. The number of benzene rings is 1. The van der Waals surface area contributed by atoms with E-state index in [-0.39, 0.29) is 23.8 Å². The fraction of sp³-hybridized carbons (Fsp3) is 0.526. The smallest absolute Gasteiger partial charge is 0.249 e. The summed E-state index contributed by atoms with van der Waals surface area (Å²) in [5.74, 6) is 1.37. The topological polar surface area (TPSA) is 68.0 Å². The van der Waals surface area contributed by atoms with E-state index >= 15 is 0 Å². The number of rotatable bonds is 6. The number of hydrogen-bond donors (Lipinski definition) is 1. The van der Waals surface area contributed by atoms with Crippen LogP contribution in [0.3, 0.4) is 0 Å². The van der Waals surface area contributed by atoms with E-state index in [0.29, 0.717) is 16.7 Å². The van der Waals surface area contributed by atoms with Gasteiger partial charge < -0.3 is 9.84 Å². The second-order valence-electron chi connectivity index (χ2n) is 6.92. The number of carbonyl (C=O) groups excluding carboxylic acids is 1. The van der Waals surface area contributed by atoms with Gasteiger partial charge in [0.05, 0.1) is 0 Å². The third-order valence-electron chi connectivity index (χ3n) is 5.12. The highest BCUT2D eigenvalue weighted by Gasteiger charge is 2.31. The van der Waals surface area contributed by atoms with Crippen LogP contribution in [-0.2, 0) is 4.79 Å². The minimum atomic E-state index is -0.264. The van der Waals surface area contributed by atoms with Gasteiger partial charge in [-0.05, 0) is 37.3 Å². The fourth-order valence-corrected chi connectivity index (χ4v) is 3.02. The molecule has 0 spiro atoms. The van der Waals surface area contributed by atoms with Crippen molar-refractivity contribution < 1.29 is 9.32 Å². The van der Waals surface area contributed by atoms with E-state index in [4.69, 9.17) is 16.1 Å². The molecule has 1 amide bonds. The Morgan fingerprint density at radius 1 is 1.44 bits per heavy atom. The van der Waals surface area contributed by atoms with Crippen LogP contribution in [0.1, 0.15) is 57.0 Å². The molecule has 1 heterocycles. The standard InChI is InChI=1S/C19H24ClN3O2/c1-4-11(2)16(21-18(24)13-6-5-7-13)19-22-17(23-25-19)14-9-8-12(3)15(20)10-14/h8-11,13,16H,4-7H2,1-3H3,(H,21,24). The molecule has 0 bridgehead atoms. The molecule has 1 aromatic carbocycles. The molecular formula is C19H24ClN3O2. The van der Waals surface area contributed by atoms with Gasteiger partial charge in [-0.15, -0.1) is 0 Å². The molecule has 6 heteroatoms. The summed E-state index contributed by atoms with van der Waals surface area (Å²) in [4.78, 5) is 16.9. The molecule has 3 rings (SSSR count). The van der Waals surface area contributed by atoms with Gasteiger partial charge in [0.15, 0.2) is 0 Å². The Hall–Kier alpha value is -1.88. The summed E-state index contributed by atoms with van der Waals surface area (Å²) in [6.07, 6.45) is 3.97. The van der Waals surface area contributed by atoms with Gasteiger partial charge in [0.25, 0.3) is 0 Å². The Morgan fingerprint density at radius 2 is 2.20 bits per heavy atom. The van der Waals surface area contributed by atoms with Crippen LogP contribution in [0.2, 0.25) is 5.02 Å². The minimum Gasteiger partial charge on any atom is -0.344 e. The molecule has 25 heavy (non-hydrogen) atoms. The molecule has 0 radical (unpaired) electrons. The zero-order chi connectivity index (χ0) is 18.0. The van der Waals surface area contributed by atoms with Gasteiger partial charge in [0, 0.05) is 16.5 Å². The van der Waals surface area contributed by atoms with Gasteiger partial charge in [-0.2, -0.15) is 4.98 Å². The molecule has 0 aliphatic heterocycles. The zero-order valence-corrected chi connectivity index (χ0v) is 15.6. The largest absolute Gasteiger partial charge is 0.344 e. The highest BCUT2D eigenvalue weighted by Crippen LogP contribution is 2.30. The number of carbonyl (C=O) groups is 1. The quantitative estimate of drug-likeness (QED) is 0.809. The van der Waals surface area contributed by atoms with E-state index in [1.54, 1.807) is 0 Å². The van der Waals surface area contributed by atoms with Gasteiger partial charge >= 0.3 is 0 Å².